The normalized spacial score (nSPS) is 13.0. The Bertz CT molecular complexity index is 273. The van der Waals surface area contributed by atoms with Gasteiger partial charge >= 0.3 is 0 Å². The first-order valence-electron chi connectivity index (χ1n) is 5.58. The van der Waals surface area contributed by atoms with Crippen molar-refractivity contribution in [3.63, 3.8) is 0 Å². The number of rotatable bonds is 9. The van der Waals surface area contributed by atoms with E-state index < -0.39 is 15.6 Å². The topological polar surface area (TPSA) is 75.6 Å². The highest BCUT2D eigenvalue weighted by molar-refractivity contribution is 7.89. The molecule has 0 saturated heterocycles. The van der Waals surface area contributed by atoms with Gasteiger partial charge in [0.05, 0.1) is 11.4 Å². The number of methoxy groups -OCH3 is 1. The van der Waals surface area contributed by atoms with Gasteiger partial charge in [0.1, 0.15) is 0 Å². The molecular formula is C10H23NO4S. The molecule has 0 aromatic carbocycles. The van der Waals surface area contributed by atoms with E-state index in [0.717, 1.165) is 0 Å². The van der Waals surface area contributed by atoms with Crippen molar-refractivity contribution in [1.29, 1.82) is 0 Å². The average molecular weight is 253 g/mol. The molecule has 0 aliphatic rings. The van der Waals surface area contributed by atoms with Crippen LogP contribution in [0.2, 0.25) is 0 Å². The van der Waals surface area contributed by atoms with Gasteiger partial charge in [-0.15, -0.1) is 0 Å². The van der Waals surface area contributed by atoms with Crippen LogP contribution in [0.1, 0.15) is 33.1 Å². The summed E-state index contributed by atoms with van der Waals surface area (Å²) >= 11 is 0. The predicted molar refractivity (Wildman–Crippen MR) is 63.8 cm³/mol. The Balaban J connectivity index is 4.07. The zero-order chi connectivity index (χ0) is 12.7. The largest absolute Gasteiger partial charge is 0.389 e. The maximum atomic E-state index is 11.5. The average Bonchev–Trinajstić information content (AvgIpc) is 2.26. The molecule has 16 heavy (non-hydrogen) atoms. The second kappa shape index (κ2) is 7.21. The fraction of sp³-hybridized carbons (Fsp3) is 1.00. The number of nitrogens with one attached hydrogen (secondary N) is 1. The predicted octanol–water partition coefficient (Wildman–Crippen LogP) is 0.493. The molecule has 0 aromatic rings. The molecule has 0 bridgehead atoms. The molecule has 0 amide bonds. The maximum absolute atomic E-state index is 11.5. The molecule has 0 fully saturated rings. The van der Waals surface area contributed by atoms with Gasteiger partial charge in [-0.25, -0.2) is 13.1 Å². The van der Waals surface area contributed by atoms with Crippen LogP contribution in [-0.4, -0.2) is 45.1 Å². The van der Waals surface area contributed by atoms with Crippen LogP contribution in [0.4, 0.5) is 0 Å². The molecule has 0 spiro atoms. The molecule has 6 heteroatoms. The first-order chi connectivity index (χ1) is 7.39. The smallest absolute Gasteiger partial charge is 0.211 e. The lowest BCUT2D eigenvalue weighted by Gasteiger charge is -2.25. The molecule has 0 radical (unpaired) electrons. The molecule has 0 aliphatic carbocycles. The standard InChI is InChI=1S/C10H23NO4S/c1-4-10(12,5-2)9-11-16(13,14)8-6-7-15-3/h11-12H,4-9H2,1-3H3. The third kappa shape index (κ3) is 6.42. The first-order valence-corrected chi connectivity index (χ1v) is 7.23. The first kappa shape index (κ1) is 15.8. The van der Waals surface area contributed by atoms with Gasteiger partial charge in [0, 0.05) is 20.3 Å². The molecule has 0 heterocycles. The lowest BCUT2D eigenvalue weighted by atomic mass is 9.98. The Hall–Kier alpha value is -0.170. The molecule has 0 aromatic heterocycles. The van der Waals surface area contributed by atoms with Crippen molar-refractivity contribution in [1.82, 2.24) is 4.72 Å². The van der Waals surface area contributed by atoms with Crippen molar-refractivity contribution >= 4 is 10.0 Å². The van der Waals surface area contributed by atoms with Crippen molar-refractivity contribution in [3.05, 3.63) is 0 Å². The van der Waals surface area contributed by atoms with Gasteiger partial charge < -0.3 is 9.84 Å². The molecule has 0 rings (SSSR count). The van der Waals surface area contributed by atoms with Gasteiger partial charge in [-0.1, -0.05) is 13.8 Å². The van der Waals surface area contributed by atoms with Crippen molar-refractivity contribution in [2.24, 2.45) is 0 Å². The molecule has 2 N–H and O–H groups in total. The lowest BCUT2D eigenvalue weighted by molar-refractivity contribution is 0.0377. The Kier molecular flexibility index (Phi) is 7.14. The molecule has 0 unspecified atom stereocenters. The Morgan fingerprint density at radius 2 is 1.88 bits per heavy atom. The highest BCUT2D eigenvalue weighted by Gasteiger charge is 2.24. The van der Waals surface area contributed by atoms with E-state index in [-0.39, 0.29) is 12.3 Å². The Morgan fingerprint density at radius 1 is 1.31 bits per heavy atom. The summed E-state index contributed by atoms with van der Waals surface area (Å²) in [7, 11) is -1.76. The van der Waals surface area contributed by atoms with Crippen molar-refractivity contribution < 1.29 is 18.3 Å². The number of sulfonamides is 1. The molecule has 5 nitrogen and oxygen atoms in total. The van der Waals surface area contributed by atoms with E-state index in [0.29, 0.717) is 25.9 Å². The van der Waals surface area contributed by atoms with E-state index in [4.69, 9.17) is 4.74 Å². The van der Waals surface area contributed by atoms with Gasteiger partial charge in [0.25, 0.3) is 0 Å². The third-order valence-electron chi connectivity index (χ3n) is 2.70. The zero-order valence-electron chi connectivity index (χ0n) is 10.3. The molecule has 0 atom stereocenters. The molecule has 0 saturated carbocycles. The second-order valence-electron chi connectivity index (χ2n) is 3.92. The van der Waals surface area contributed by atoms with Crippen molar-refractivity contribution in [2.45, 2.75) is 38.7 Å². The summed E-state index contributed by atoms with van der Waals surface area (Å²) in [5.74, 6) is 0.0321. The van der Waals surface area contributed by atoms with Gasteiger partial charge in [-0.05, 0) is 19.3 Å². The van der Waals surface area contributed by atoms with Crippen molar-refractivity contribution in [2.75, 3.05) is 26.0 Å². The van der Waals surface area contributed by atoms with Gasteiger partial charge in [-0.3, -0.25) is 0 Å². The van der Waals surface area contributed by atoms with E-state index in [1.165, 1.54) is 7.11 Å². The lowest BCUT2D eigenvalue weighted by Crippen LogP contribution is -2.42. The number of ether oxygens (including phenoxy) is 1. The van der Waals surface area contributed by atoms with E-state index in [9.17, 15) is 13.5 Å². The van der Waals surface area contributed by atoms with Crippen LogP contribution >= 0.6 is 0 Å². The van der Waals surface area contributed by atoms with E-state index in [1.807, 2.05) is 13.8 Å². The Labute approximate surface area is 98.2 Å². The van der Waals surface area contributed by atoms with Crippen LogP contribution < -0.4 is 4.72 Å². The second-order valence-corrected chi connectivity index (χ2v) is 5.84. The van der Waals surface area contributed by atoms with Crippen LogP contribution in [-0.2, 0) is 14.8 Å². The summed E-state index contributed by atoms with van der Waals surface area (Å²) in [6.07, 6.45) is 1.52. The quantitative estimate of drug-likeness (QED) is 0.587. The van der Waals surface area contributed by atoms with Crippen LogP contribution in [0.5, 0.6) is 0 Å². The summed E-state index contributed by atoms with van der Waals surface area (Å²) in [5, 5.41) is 9.91. The van der Waals surface area contributed by atoms with Crippen LogP contribution in [0.3, 0.4) is 0 Å². The van der Waals surface area contributed by atoms with Crippen LogP contribution in [0.25, 0.3) is 0 Å². The fourth-order valence-corrected chi connectivity index (χ4v) is 2.34. The monoisotopic (exact) mass is 253 g/mol. The van der Waals surface area contributed by atoms with Crippen LogP contribution in [0, 0.1) is 0 Å². The summed E-state index contributed by atoms with van der Waals surface area (Å²) < 4.78 is 30.2. The SMILES string of the molecule is CCC(O)(CC)CNS(=O)(=O)CCCOC. The third-order valence-corrected chi connectivity index (χ3v) is 4.11. The summed E-state index contributed by atoms with van der Waals surface area (Å²) in [6, 6.07) is 0. The fourth-order valence-electron chi connectivity index (χ4n) is 1.21. The highest BCUT2D eigenvalue weighted by atomic mass is 32.2. The molecular weight excluding hydrogens is 230 g/mol. The molecule has 98 valence electrons. The van der Waals surface area contributed by atoms with E-state index in [2.05, 4.69) is 4.72 Å². The number of aliphatic hydroxyl groups is 1. The number of hydrogen-bond acceptors (Lipinski definition) is 4. The summed E-state index contributed by atoms with van der Waals surface area (Å²) in [6.45, 7) is 4.17. The van der Waals surface area contributed by atoms with Crippen LogP contribution in [0.15, 0.2) is 0 Å². The van der Waals surface area contributed by atoms with Crippen molar-refractivity contribution in [3.8, 4) is 0 Å². The van der Waals surface area contributed by atoms with Gasteiger partial charge in [0.2, 0.25) is 10.0 Å². The van der Waals surface area contributed by atoms with Gasteiger partial charge in [0.15, 0.2) is 0 Å². The Morgan fingerprint density at radius 3 is 2.31 bits per heavy atom. The number of hydrogen-bond donors (Lipinski definition) is 2. The minimum atomic E-state index is -3.30. The minimum absolute atomic E-state index is 0.0321. The summed E-state index contributed by atoms with van der Waals surface area (Å²) in [5.41, 5.74) is -0.936. The minimum Gasteiger partial charge on any atom is -0.389 e. The molecule has 0 aliphatic heterocycles. The van der Waals surface area contributed by atoms with E-state index >= 15 is 0 Å². The van der Waals surface area contributed by atoms with Gasteiger partial charge in [-0.2, -0.15) is 0 Å². The zero-order valence-corrected chi connectivity index (χ0v) is 11.1. The summed E-state index contributed by atoms with van der Waals surface area (Å²) in [4.78, 5) is 0. The highest BCUT2D eigenvalue weighted by Crippen LogP contribution is 2.13. The van der Waals surface area contributed by atoms with E-state index in [1.54, 1.807) is 0 Å². The maximum Gasteiger partial charge on any atom is 0.211 e.